The standard InChI is InChI=1S/C13H16FN3O2/c1-7(2)11(15)13-16-12(17-19-13)8-4-5-10(18-3)9(14)6-8/h4-7,11H,15H2,1-3H3. The lowest BCUT2D eigenvalue weighted by atomic mass is 10.1. The highest BCUT2D eigenvalue weighted by atomic mass is 19.1. The number of benzene rings is 1. The fourth-order valence-corrected chi connectivity index (χ4v) is 1.58. The van der Waals surface area contributed by atoms with Crippen LogP contribution in [0, 0.1) is 11.7 Å². The summed E-state index contributed by atoms with van der Waals surface area (Å²) in [6, 6.07) is 4.15. The third-order valence-electron chi connectivity index (χ3n) is 2.86. The summed E-state index contributed by atoms with van der Waals surface area (Å²) in [5, 5.41) is 3.81. The van der Waals surface area contributed by atoms with Gasteiger partial charge in [-0.05, 0) is 24.1 Å². The predicted molar refractivity (Wildman–Crippen MR) is 68.0 cm³/mol. The minimum absolute atomic E-state index is 0.173. The zero-order valence-corrected chi connectivity index (χ0v) is 11.1. The highest BCUT2D eigenvalue weighted by molar-refractivity contribution is 5.56. The molecule has 0 aliphatic rings. The van der Waals surface area contributed by atoms with Gasteiger partial charge in [-0.3, -0.25) is 0 Å². The summed E-state index contributed by atoms with van der Waals surface area (Å²) in [6.45, 7) is 3.92. The van der Waals surface area contributed by atoms with E-state index in [-0.39, 0.29) is 17.7 Å². The maximum atomic E-state index is 13.6. The highest BCUT2D eigenvalue weighted by Gasteiger charge is 2.19. The first-order valence-corrected chi connectivity index (χ1v) is 5.96. The van der Waals surface area contributed by atoms with Crippen molar-refractivity contribution in [1.29, 1.82) is 0 Å². The molecule has 0 fully saturated rings. The molecule has 19 heavy (non-hydrogen) atoms. The third kappa shape index (κ3) is 2.73. The number of methoxy groups -OCH3 is 1. The molecular weight excluding hydrogens is 249 g/mol. The zero-order valence-electron chi connectivity index (χ0n) is 11.1. The Balaban J connectivity index is 2.30. The monoisotopic (exact) mass is 265 g/mol. The van der Waals surface area contributed by atoms with Crippen molar-refractivity contribution < 1.29 is 13.7 Å². The van der Waals surface area contributed by atoms with Crippen LogP contribution in [-0.4, -0.2) is 17.3 Å². The van der Waals surface area contributed by atoms with Gasteiger partial charge in [0, 0.05) is 5.56 Å². The first kappa shape index (κ1) is 13.5. The maximum Gasteiger partial charge on any atom is 0.244 e. The lowest BCUT2D eigenvalue weighted by Crippen LogP contribution is -2.16. The van der Waals surface area contributed by atoms with Crippen LogP contribution in [0.2, 0.25) is 0 Å². The normalized spacial score (nSPS) is 12.7. The van der Waals surface area contributed by atoms with Crippen LogP contribution < -0.4 is 10.5 Å². The van der Waals surface area contributed by atoms with Crippen LogP contribution >= 0.6 is 0 Å². The Kier molecular flexibility index (Phi) is 3.80. The van der Waals surface area contributed by atoms with Gasteiger partial charge in [0.25, 0.3) is 0 Å². The molecule has 0 aliphatic heterocycles. The fourth-order valence-electron chi connectivity index (χ4n) is 1.58. The Bertz CT molecular complexity index is 569. The fraction of sp³-hybridized carbons (Fsp3) is 0.385. The molecule has 0 radical (unpaired) electrons. The molecule has 1 atom stereocenters. The van der Waals surface area contributed by atoms with Gasteiger partial charge in [0.05, 0.1) is 13.2 Å². The Hall–Kier alpha value is -1.95. The van der Waals surface area contributed by atoms with Crippen molar-refractivity contribution in [2.45, 2.75) is 19.9 Å². The lowest BCUT2D eigenvalue weighted by Gasteiger charge is -2.09. The molecule has 1 unspecified atom stereocenters. The third-order valence-corrected chi connectivity index (χ3v) is 2.86. The van der Waals surface area contributed by atoms with E-state index in [4.69, 9.17) is 15.0 Å². The van der Waals surface area contributed by atoms with E-state index in [9.17, 15) is 4.39 Å². The minimum Gasteiger partial charge on any atom is -0.494 e. The molecule has 1 aromatic carbocycles. The molecule has 6 heteroatoms. The molecule has 2 rings (SSSR count). The molecule has 0 saturated heterocycles. The van der Waals surface area contributed by atoms with Gasteiger partial charge in [-0.2, -0.15) is 4.98 Å². The Morgan fingerprint density at radius 3 is 2.68 bits per heavy atom. The number of hydrogen-bond donors (Lipinski definition) is 1. The second-order valence-corrected chi connectivity index (χ2v) is 4.58. The topological polar surface area (TPSA) is 74.2 Å². The molecule has 0 bridgehead atoms. The molecule has 0 aliphatic carbocycles. The Labute approximate surface area is 110 Å². The second kappa shape index (κ2) is 5.36. The lowest BCUT2D eigenvalue weighted by molar-refractivity contribution is 0.325. The molecule has 5 nitrogen and oxygen atoms in total. The van der Waals surface area contributed by atoms with E-state index in [1.54, 1.807) is 6.07 Å². The summed E-state index contributed by atoms with van der Waals surface area (Å²) in [5.41, 5.74) is 6.43. The summed E-state index contributed by atoms with van der Waals surface area (Å²) < 4.78 is 23.5. The molecule has 102 valence electrons. The quantitative estimate of drug-likeness (QED) is 0.919. The zero-order chi connectivity index (χ0) is 14.0. The second-order valence-electron chi connectivity index (χ2n) is 4.58. The summed E-state index contributed by atoms with van der Waals surface area (Å²) in [7, 11) is 1.41. The van der Waals surface area contributed by atoms with Crippen LogP contribution in [0.1, 0.15) is 25.8 Å². The first-order valence-electron chi connectivity index (χ1n) is 5.96. The van der Waals surface area contributed by atoms with E-state index < -0.39 is 5.82 Å². The molecule has 0 spiro atoms. The van der Waals surface area contributed by atoms with E-state index in [0.29, 0.717) is 17.3 Å². The van der Waals surface area contributed by atoms with Gasteiger partial charge in [-0.25, -0.2) is 4.39 Å². The van der Waals surface area contributed by atoms with Gasteiger partial charge in [-0.1, -0.05) is 19.0 Å². The number of aromatic nitrogens is 2. The van der Waals surface area contributed by atoms with Gasteiger partial charge in [0.15, 0.2) is 11.6 Å². The van der Waals surface area contributed by atoms with Gasteiger partial charge in [0.1, 0.15) is 0 Å². The average Bonchev–Trinajstić information content (AvgIpc) is 2.87. The van der Waals surface area contributed by atoms with E-state index in [1.807, 2.05) is 13.8 Å². The van der Waals surface area contributed by atoms with Crippen molar-refractivity contribution in [3.8, 4) is 17.1 Å². The van der Waals surface area contributed by atoms with Gasteiger partial charge in [-0.15, -0.1) is 0 Å². The van der Waals surface area contributed by atoms with E-state index in [2.05, 4.69) is 10.1 Å². The van der Waals surface area contributed by atoms with Crippen molar-refractivity contribution >= 4 is 0 Å². The number of halogens is 1. The molecule has 2 aromatic rings. The average molecular weight is 265 g/mol. The summed E-state index contributed by atoms with van der Waals surface area (Å²) in [5.74, 6) is 0.542. The molecule has 0 amide bonds. The number of nitrogens with zero attached hydrogens (tertiary/aromatic N) is 2. The van der Waals surface area contributed by atoms with Gasteiger partial charge >= 0.3 is 0 Å². The summed E-state index contributed by atoms with van der Waals surface area (Å²) >= 11 is 0. The van der Waals surface area contributed by atoms with E-state index >= 15 is 0 Å². The number of nitrogens with two attached hydrogens (primary N) is 1. The number of rotatable bonds is 4. The molecule has 1 aromatic heterocycles. The van der Waals surface area contributed by atoms with Crippen LogP contribution in [0.3, 0.4) is 0 Å². The minimum atomic E-state index is -0.473. The largest absolute Gasteiger partial charge is 0.494 e. The van der Waals surface area contributed by atoms with Crippen molar-refractivity contribution in [1.82, 2.24) is 10.1 Å². The smallest absolute Gasteiger partial charge is 0.244 e. The molecule has 1 heterocycles. The van der Waals surface area contributed by atoms with Crippen LogP contribution in [0.15, 0.2) is 22.7 Å². The highest BCUT2D eigenvalue weighted by Crippen LogP contribution is 2.25. The van der Waals surface area contributed by atoms with Crippen molar-refractivity contribution in [3.05, 3.63) is 29.9 Å². The van der Waals surface area contributed by atoms with Crippen molar-refractivity contribution in [3.63, 3.8) is 0 Å². The molecular formula is C13H16FN3O2. The molecule has 0 saturated carbocycles. The summed E-state index contributed by atoms with van der Waals surface area (Å²) in [6.07, 6.45) is 0. The van der Waals surface area contributed by atoms with Crippen LogP contribution in [0.4, 0.5) is 4.39 Å². The van der Waals surface area contributed by atoms with E-state index in [0.717, 1.165) is 0 Å². The van der Waals surface area contributed by atoms with Gasteiger partial charge in [0.2, 0.25) is 11.7 Å². The van der Waals surface area contributed by atoms with Crippen LogP contribution in [0.5, 0.6) is 5.75 Å². The van der Waals surface area contributed by atoms with Crippen LogP contribution in [0.25, 0.3) is 11.4 Å². The first-order chi connectivity index (χ1) is 9.02. The van der Waals surface area contributed by atoms with Crippen molar-refractivity contribution in [2.24, 2.45) is 11.7 Å². The predicted octanol–water partition coefficient (Wildman–Crippen LogP) is 2.54. The van der Waals surface area contributed by atoms with Gasteiger partial charge < -0.3 is 15.0 Å². The van der Waals surface area contributed by atoms with Crippen LogP contribution in [-0.2, 0) is 0 Å². The Morgan fingerprint density at radius 1 is 1.37 bits per heavy atom. The Morgan fingerprint density at radius 2 is 2.11 bits per heavy atom. The molecule has 2 N–H and O–H groups in total. The maximum absolute atomic E-state index is 13.6. The summed E-state index contributed by atoms with van der Waals surface area (Å²) in [4.78, 5) is 4.19. The number of hydrogen-bond acceptors (Lipinski definition) is 5. The van der Waals surface area contributed by atoms with Crippen molar-refractivity contribution in [2.75, 3.05) is 7.11 Å². The van der Waals surface area contributed by atoms with E-state index in [1.165, 1.54) is 19.2 Å². The number of ether oxygens (including phenoxy) is 1. The SMILES string of the molecule is COc1ccc(-c2noc(C(N)C(C)C)n2)cc1F.